The molecule has 0 radical (unpaired) electrons. The zero-order valence-corrected chi connectivity index (χ0v) is 17.0. The molecule has 0 aromatic heterocycles. The molecule has 8 heteroatoms. The van der Waals surface area contributed by atoms with Crippen LogP contribution in [0.1, 0.15) is 17.5 Å². The van der Waals surface area contributed by atoms with E-state index in [1.807, 2.05) is 54.6 Å². The van der Waals surface area contributed by atoms with Crippen LogP contribution in [-0.4, -0.2) is 49.8 Å². The number of hydrogen-bond acceptors (Lipinski definition) is 3. The molecule has 1 fully saturated rings. The summed E-state index contributed by atoms with van der Waals surface area (Å²) in [5, 5.41) is 6.43. The van der Waals surface area contributed by atoms with Gasteiger partial charge in [-0.15, -0.1) is 0 Å². The number of alkyl halides is 3. The van der Waals surface area contributed by atoms with E-state index < -0.39 is 12.7 Å². The molecule has 0 aliphatic carbocycles. The Labute approximate surface area is 174 Å². The number of hydrogen-bond donors (Lipinski definition) is 2. The minimum Gasteiger partial charge on any atom is -0.489 e. The van der Waals surface area contributed by atoms with Crippen molar-refractivity contribution in [2.24, 2.45) is 4.99 Å². The number of nitrogens with one attached hydrogen (secondary N) is 2. The van der Waals surface area contributed by atoms with E-state index in [-0.39, 0.29) is 6.04 Å². The van der Waals surface area contributed by atoms with Gasteiger partial charge in [-0.3, -0.25) is 9.89 Å². The van der Waals surface area contributed by atoms with E-state index in [4.69, 9.17) is 4.74 Å². The molecule has 1 heterocycles. The fourth-order valence-electron chi connectivity index (χ4n) is 3.36. The Balaban J connectivity index is 1.41. The predicted octanol–water partition coefficient (Wildman–Crippen LogP) is 3.57. The molecular formula is C22H27F3N4O. The lowest BCUT2D eigenvalue weighted by molar-refractivity contribution is -0.143. The summed E-state index contributed by atoms with van der Waals surface area (Å²) >= 11 is 0. The van der Waals surface area contributed by atoms with Gasteiger partial charge in [0.05, 0.1) is 6.54 Å². The fourth-order valence-corrected chi connectivity index (χ4v) is 3.36. The maximum atomic E-state index is 12.5. The highest BCUT2D eigenvalue weighted by Crippen LogP contribution is 2.20. The first-order valence-electron chi connectivity index (χ1n) is 9.93. The minimum absolute atomic E-state index is 0.0453. The van der Waals surface area contributed by atoms with Crippen molar-refractivity contribution in [3.05, 3.63) is 65.7 Å². The van der Waals surface area contributed by atoms with Gasteiger partial charge in [0.1, 0.15) is 12.4 Å². The molecule has 1 saturated heterocycles. The predicted molar refractivity (Wildman–Crippen MR) is 111 cm³/mol. The first kappa shape index (κ1) is 22.0. The number of para-hydroxylation sites is 1. The second kappa shape index (κ2) is 10.3. The highest BCUT2D eigenvalue weighted by molar-refractivity contribution is 5.80. The second-order valence-corrected chi connectivity index (χ2v) is 7.32. The van der Waals surface area contributed by atoms with Gasteiger partial charge < -0.3 is 15.4 Å². The van der Waals surface area contributed by atoms with Crippen LogP contribution in [0.3, 0.4) is 0 Å². The van der Waals surface area contributed by atoms with E-state index in [0.29, 0.717) is 38.6 Å². The van der Waals surface area contributed by atoms with E-state index in [9.17, 15) is 13.2 Å². The quantitative estimate of drug-likeness (QED) is 0.531. The van der Waals surface area contributed by atoms with Gasteiger partial charge in [-0.25, -0.2) is 0 Å². The van der Waals surface area contributed by atoms with Crippen LogP contribution < -0.4 is 15.4 Å². The molecule has 1 aliphatic rings. The maximum absolute atomic E-state index is 12.5. The van der Waals surface area contributed by atoms with E-state index in [1.54, 1.807) is 7.05 Å². The number of rotatable bonds is 7. The molecule has 2 aromatic rings. The highest BCUT2D eigenvalue weighted by Gasteiger charge is 2.34. The summed E-state index contributed by atoms with van der Waals surface area (Å²) in [6, 6.07) is 17.7. The summed E-state index contributed by atoms with van der Waals surface area (Å²) in [5.41, 5.74) is 2.15. The van der Waals surface area contributed by atoms with Crippen LogP contribution in [0.25, 0.3) is 0 Å². The topological polar surface area (TPSA) is 48.9 Å². The van der Waals surface area contributed by atoms with Gasteiger partial charge in [-0.05, 0) is 29.7 Å². The van der Waals surface area contributed by atoms with Crippen molar-refractivity contribution in [3.8, 4) is 5.75 Å². The van der Waals surface area contributed by atoms with Gasteiger partial charge in [0.15, 0.2) is 5.96 Å². The van der Waals surface area contributed by atoms with E-state index in [0.717, 1.165) is 16.9 Å². The van der Waals surface area contributed by atoms with Gasteiger partial charge in [0, 0.05) is 32.7 Å². The van der Waals surface area contributed by atoms with Gasteiger partial charge in [0.2, 0.25) is 0 Å². The molecule has 2 N–H and O–H groups in total. The van der Waals surface area contributed by atoms with Crippen molar-refractivity contribution in [1.82, 2.24) is 15.5 Å². The monoisotopic (exact) mass is 420 g/mol. The molecular weight excluding hydrogens is 393 g/mol. The zero-order chi connectivity index (χ0) is 21.4. The largest absolute Gasteiger partial charge is 0.489 e. The minimum atomic E-state index is -4.16. The van der Waals surface area contributed by atoms with Crippen LogP contribution in [0.4, 0.5) is 13.2 Å². The molecule has 3 rings (SSSR count). The lowest BCUT2D eigenvalue weighted by Gasteiger charge is -2.20. The molecule has 0 bridgehead atoms. The molecule has 1 aliphatic heterocycles. The number of aliphatic imine (C=N–C) groups is 1. The van der Waals surface area contributed by atoms with Crippen LogP contribution in [0, 0.1) is 0 Å². The van der Waals surface area contributed by atoms with Crippen molar-refractivity contribution < 1.29 is 17.9 Å². The van der Waals surface area contributed by atoms with E-state index in [1.165, 1.54) is 4.90 Å². The Morgan fingerprint density at radius 3 is 2.47 bits per heavy atom. The van der Waals surface area contributed by atoms with Crippen molar-refractivity contribution in [1.29, 1.82) is 0 Å². The van der Waals surface area contributed by atoms with Crippen molar-refractivity contribution in [3.63, 3.8) is 0 Å². The van der Waals surface area contributed by atoms with Crippen LogP contribution in [0.2, 0.25) is 0 Å². The summed E-state index contributed by atoms with van der Waals surface area (Å²) in [7, 11) is 1.65. The Hall–Kier alpha value is -2.74. The van der Waals surface area contributed by atoms with Crippen molar-refractivity contribution in [2.45, 2.75) is 31.8 Å². The summed E-state index contributed by atoms with van der Waals surface area (Å²) in [6.45, 7) is 0.990. The number of guanidine groups is 1. The highest BCUT2D eigenvalue weighted by atomic mass is 19.4. The molecule has 162 valence electrons. The smallest absolute Gasteiger partial charge is 0.401 e. The average Bonchev–Trinajstić information content (AvgIpc) is 3.16. The third-order valence-electron chi connectivity index (χ3n) is 4.87. The first-order chi connectivity index (χ1) is 14.4. The fraction of sp³-hybridized carbons (Fsp3) is 0.409. The molecule has 1 unspecified atom stereocenters. The summed E-state index contributed by atoms with van der Waals surface area (Å²) < 4.78 is 43.3. The first-order valence-corrected chi connectivity index (χ1v) is 9.93. The van der Waals surface area contributed by atoms with Gasteiger partial charge >= 0.3 is 6.18 Å². The van der Waals surface area contributed by atoms with Crippen molar-refractivity contribution >= 4 is 5.96 Å². The third-order valence-corrected chi connectivity index (χ3v) is 4.87. The third kappa shape index (κ3) is 7.26. The summed E-state index contributed by atoms with van der Waals surface area (Å²) in [5.74, 6) is 1.42. The standard InChI is InChI=1S/C22H27F3N4O/c1-26-21(28-19-11-12-29(14-19)16-22(23,24)25)27-13-17-7-9-18(10-8-17)15-30-20-5-3-2-4-6-20/h2-10,19H,11-16H2,1H3,(H2,26,27,28). The molecule has 0 spiro atoms. The van der Waals surface area contributed by atoms with Gasteiger partial charge in [-0.2, -0.15) is 13.2 Å². The van der Waals surface area contributed by atoms with Crippen LogP contribution in [0.15, 0.2) is 59.6 Å². The van der Waals surface area contributed by atoms with Gasteiger partial charge in [0.25, 0.3) is 0 Å². The molecule has 0 saturated carbocycles. The number of nitrogens with zero attached hydrogens (tertiary/aromatic N) is 2. The molecule has 0 amide bonds. The molecule has 2 aromatic carbocycles. The Morgan fingerprint density at radius 1 is 1.10 bits per heavy atom. The average molecular weight is 420 g/mol. The maximum Gasteiger partial charge on any atom is 0.401 e. The van der Waals surface area contributed by atoms with Crippen LogP contribution in [0.5, 0.6) is 5.75 Å². The molecule has 30 heavy (non-hydrogen) atoms. The van der Waals surface area contributed by atoms with E-state index in [2.05, 4.69) is 15.6 Å². The number of likely N-dealkylation sites (tertiary alicyclic amines) is 1. The van der Waals surface area contributed by atoms with Gasteiger partial charge in [-0.1, -0.05) is 42.5 Å². The number of halogens is 3. The normalized spacial score (nSPS) is 17.7. The van der Waals surface area contributed by atoms with E-state index >= 15 is 0 Å². The SMILES string of the molecule is CN=C(NCc1ccc(COc2ccccc2)cc1)NC1CCN(CC(F)(F)F)C1. The Bertz CT molecular complexity index is 809. The lowest BCUT2D eigenvalue weighted by Crippen LogP contribution is -2.44. The second-order valence-electron chi connectivity index (χ2n) is 7.32. The Morgan fingerprint density at radius 2 is 1.80 bits per heavy atom. The summed E-state index contributed by atoms with van der Waals surface area (Å²) in [4.78, 5) is 5.60. The zero-order valence-electron chi connectivity index (χ0n) is 17.0. The van der Waals surface area contributed by atoms with Crippen molar-refractivity contribution in [2.75, 3.05) is 26.7 Å². The molecule has 1 atom stereocenters. The Kier molecular flexibility index (Phi) is 7.57. The molecule has 5 nitrogen and oxygen atoms in total. The van der Waals surface area contributed by atoms with Crippen LogP contribution >= 0.6 is 0 Å². The van der Waals surface area contributed by atoms with Crippen LogP contribution in [-0.2, 0) is 13.2 Å². The number of benzene rings is 2. The lowest BCUT2D eigenvalue weighted by atomic mass is 10.1. The summed E-state index contributed by atoms with van der Waals surface area (Å²) in [6.07, 6.45) is -3.50. The number of ether oxygens (including phenoxy) is 1.